The lowest BCUT2D eigenvalue weighted by Gasteiger charge is -2.29. The molecule has 0 aromatic carbocycles. The maximum absolute atomic E-state index is 12.4. The topological polar surface area (TPSA) is 82.1 Å². The van der Waals surface area contributed by atoms with Gasteiger partial charge in [-0.25, -0.2) is 0 Å². The number of hydrogen-bond donors (Lipinski definition) is 0. The van der Waals surface area contributed by atoms with Crippen LogP contribution in [0.4, 0.5) is 0 Å². The SMILES string of the molecule is COC(=O)CN(CC(=O)OC)C(=O)C1(C)CCCO1. The Hall–Kier alpha value is -1.63. The number of hydrogen-bond acceptors (Lipinski definition) is 6. The molecule has 0 bridgehead atoms. The third kappa shape index (κ3) is 3.92. The molecule has 1 unspecified atom stereocenters. The zero-order valence-corrected chi connectivity index (χ0v) is 11.4. The van der Waals surface area contributed by atoms with Gasteiger partial charge in [0.25, 0.3) is 5.91 Å². The maximum atomic E-state index is 12.4. The Kier molecular flexibility index (Phi) is 5.29. The van der Waals surface area contributed by atoms with Crippen LogP contribution in [-0.2, 0) is 28.6 Å². The molecule has 1 heterocycles. The molecule has 1 aliphatic heterocycles. The van der Waals surface area contributed by atoms with E-state index in [-0.39, 0.29) is 13.1 Å². The van der Waals surface area contributed by atoms with E-state index < -0.39 is 23.4 Å². The summed E-state index contributed by atoms with van der Waals surface area (Å²) in [6, 6.07) is 0. The summed E-state index contributed by atoms with van der Waals surface area (Å²) in [5.74, 6) is -1.60. The van der Waals surface area contributed by atoms with Gasteiger partial charge >= 0.3 is 11.9 Å². The van der Waals surface area contributed by atoms with Crippen molar-refractivity contribution in [2.45, 2.75) is 25.4 Å². The summed E-state index contributed by atoms with van der Waals surface area (Å²) in [7, 11) is 2.44. The number of methoxy groups -OCH3 is 2. The second-order valence-electron chi connectivity index (χ2n) is 4.50. The molecule has 0 spiro atoms. The van der Waals surface area contributed by atoms with Crippen molar-refractivity contribution in [1.82, 2.24) is 4.90 Å². The molecule has 1 amide bonds. The Labute approximate surface area is 111 Å². The summed E-state index contributed by atoms with van der Waals surface area (Å²) >= 11 is 0. The minimum Gasteiger partial charge on any atom is -0.468 e. The molecule has 7 heteroatoms. The summed E-state index contributed by atoms with van der Waals surface area (Å²) in [6.45, 7) is 1.54. The van der Waals surface area contributed by atoms with E-state index in [9.17, 15) is 14.4 Å². The molecule has 108 valence electrons. The van der Waals surface area contributed by atoms with Gasteiger partial charge in [-0.2, -0.15) is 0 Å². The van der Waals surface area contributed by atoms with Crippen molar-refractivity contribution in [3.8, 4) is 0 Å². The first-order chi connectivity index (χ1) is 8.92. The highest BCUT2D eigenvalue weighted by Crippen LogP contribution is 2.27. The number of amides is 1. The number of carbonyl (C=O) groups is 3. The van der Waals surface area contributed by atoms with Crippen LogP contribution in [-0.4, -0.2) is 62.3 Å². The lowest BCUT2D eigenvalue weighted by Crippen LogP contribution is -2.50. The van der Waals surface area contributed by atoms with Crippen LogP contribution in [0.2, 0.25) is 0 Å². The standard InChI is InChI=1S/C12H19NO6/c1-12(5-4-6-19-12)11(16)13(7-9(14)17-2)8-10(15)18-3/h4-8H2,1-3H3. The summed E-state index contributed by atoms with van der Waals surface area (Å²) < 4.78 is 14.4. The fraction of sp³-hybridized carbons (Fsp3) is 0.750. The summed E-state index contributed by atoms with van der Waals surface area (Å²) in [6.07, 6.45) is 1.33. The molecule has 0 N–H and O–H groups in total. The van der Waals surface area contributed by atoms with E-state index in [1.54, 1.807) is 6.92 Å². The highest BCUT2D eigenvalue weighted by molar-refractivity contribution is 5.91. The van der Waals surface area contributed by atoms with Gasteiger partial charge in [-0.15, -0.1) is 0 Å². The maximum Gasteiger partial charge on any atom is 0.325 e. The van der Waals surface area contributed by atoms with Gasteiger partial charge in [-0.05, 0) is 19.8 Å². The summed E-state index contributed by atoms with van der Waals surface area (Å²) in [4.78, 5) is 36.1. The Morgan fingerprint density at radius 3 is 2.05 bits per heavy atom. The average Bonchev–Trinajstić information content (AvgIpc) is 2.84. The third-order valence-electron chi connectivity index (χ3n) is 3.05. The van der Waals surface area contributed by atoms with Crippen LogP contribution in [0.3, 0.4) is 0 Å². The second-order valence-corrected chi connectivity index (χ2v) is 4.50. The van der Waals surface area contributed by atoms with Crippen molar-refractivity contribution in [2.75, 3.05) is 33.9 Å². The number of esters is 2. The van der Waals surface area contributed by atoms with Crippen LogP contribution in [0, 0.1) is 0 Å². The normalized spacial score (nSPS) is 21.8. The average molecular weight is 273 g/mol. The van der Waals surface area contributed by atoms with Gasteiger partial charge in [0, 0.05) is 6.61 Å². The molecule has 1 atom stereocenters. The zero-order valence-electron chi connectivity index (χ0n) is 11.4. The predicted molar refractivity (Wildman–Crippen MR) is 64.2 cm³/mol. The lowest BCUT2D eigenvalue weighted by atomic mass is 10.0. The van der Waals surface area contributed by atoms with Crippen LogP contribution < -0.4 is 0 Å². The molecular weight excluding hydrogens is 254 g/mol. The van der Waals surface area contributed by atoms with Gasteiger partial charge in [0.05, 0.1) is 14.2 Å². The largest absolute Gasteiger partial charge is 0.468 e. The van der Waals surface area contributed by atoms with Gasteiger partial charge in [0.2, 0.25) is 0 Å². The smallest absolute Gasteiger partial charge is 0.325 e. The van der Waals surface area contributed by atoms with E-state index >= 15 is 0 Å². The van der Waals surface area contributed by atoms with E-state index in [1.807, 2.05) is 0 Å². The van der Waals surface area contributed by atoms with Crippen molar-refractivity contribution >= 4 is 17.8 Å². The van der Waals surface area contributed by atoms with Crippen LogP contribution >= 0.6 is 0 Å². The van der Waals surface area contributed by atoms with E-state index in [1.165, 1.54) is 14.2 Å². The van der Waals surface area contributed by atoms with E-state index in [0.29, 0.717) is 13.0 Å². The zero-order chi connectivity index (χ0) is 14.5. The van der Waals surface area contributed by atoms with E-state index in [4.69, 9.17) is 4.74 Å². The first-order valence-electron chi connectivity index (χ1n) is 6.00. The monoisotopic (exact) mass is 273 g/mol. The first-order valence-corrected chi connectivity index (χ1v) is 6.00. The molecule has 0 aromatic rings. The van der Waals surface area contributed by atoms with E-state index in [0.717, 1.165) is 11.3 Å². The fourth-order valence-electron chi connectivity index (χ4n) is 1.92. The predicted octanol–water partition coefficient (Wildman–Crippen LogP) is -0.270. The molecule has 1 rings (SSSR count). The third-order valence-corrected chi connectivity index (χ3v) is 3.05. The molecule has 1 fully saturated rings. The molecule has 19 heavy (non-hydrogen) atoms. The Balaban J connectivity index is 2.79. The van der Waals surface area contributed by atoms with Gasteiger partial charge < -0.3 is 19.1 Å². The number of nitrogens with zero attached hydrogens (tertiary/aromatic N) is 1. The first kappa shape index (κ1) is 15.4. The molecule has 0 radical (unpaired) electrons. The van der Waals surface area contributed by atoms with E-state index in [2.05, 4.69) is 9.47 Å². The molecule has 1 saturated heterocycles. The Morgan fingerprint density at radius 1 is 1.16 bits per heavy atom. The van der Waals surface area contributed by atoms with Crippen LogP contribution in [0.1, 0.15) is 19.8 Å². The van der Waals surface area contributed by atoms with Crippen LogP contribution in [0.25, 0.3) is 0 Å². The number of carbonyl (C=O) groups excluding carboxylic acids is 3. The minimum atomic E-state index is -0.984. The molecular formula is C12H19NO6. The highest BCUT2D eigenvalue weighted by Gasteiger charge is 2.41. The molecule has 7 nitrogen and oxygen atoms in total. The van der Waals surface area contributed by atoms with Gasteiger partial charge in [0.1, 0.15) is 18.7 Å². The summed E-state index contributed by atoms with van der Waals surface area (Å²) in [5.41, 5.74) is -0.984. The fourth-order valence-corrected chi connectivity index (χ4v) is 1.92. The number of rotatable bonds is 5. The quantitative estimate of drug-likeness (QED) is 0.641. The highest BCUT2D eigenvalue weighted by atomic mass is 16.5. The number of ether oxygens (including phenoxy) is 3. The lowest BCUT2D eigenvalue weighted by molar-refractivity contribution is -0.161. The van der Waals surface area contributed by atoms with Gasteiger partial charge in [-0.1, -0.05) is 0 Å². The van der Waals surface area contributed by atoms with Gasteiger partial charge in [-0.3, -0.25) is 14.4 Å². The molecule has 0 aliphatic carbocycles. The van der Waals surface area contributed by atoms with Crippen molar-refractivity contribution < 1.29 is 28.6 Å². The van der Waals surface area contributed by atoms with Crippen molar-refractivity contribution in [3.63, 3.8) is 0 Å². The van der Waals surface area contributed by atoms with Crippen molar-refractivity contribution in [2.24, 2.45) is 0 Å². The van der Waals surface area contributed by atoms with Crippen LogP contribution in [0.5, 0.6) is 0 Å². The molecule has 0 aromatic heterocycles. The molecule has 1 aliphatic rings. The van der Waals surface area contributed by atoms with Gasteiger partial charge in [0.15, 0.2) is 0 Å². The molecule has 0 saturated carbocycles. The Bertz CT molecular complexity index is 343. The second kappa shape index (κ2) is 6.51. The van der Waals surface area contributed by atoms with Crippen LogP contribution in [0.15, 0.2) is 0 Å². The Morgan fingerprint density at radius 2 is 1.68 bits per heavy atom. The van der Waals surface area contributed by atoms with Crippen molar-refractivity contribution in [3.05, 3.63) is 0 Å². The minimum absolute atomic E-state index is 0.302. The van der Waals surface area contributed by atoms with Crippen molar-refractivity contribution in [1.29, 1.82) is 0 Å². The summed E-state index contributed by atoms with van der Waals surface area (Å²) in [5, 5.41) is 0.